The van der Waals surface area contributed by atoms with Gasteiger partial charge in [-0.3, -0.25) is 0 Å². The zero-order valence-electron chi connectivity index (χ0n) is 12.4. The summed E-state index contributed by atoms with van der Waals surface area (Å²) in [5.74, 6) is 0.249. The van der Waals surface area contributed by atoms with E-state index in [4.69, 9.17) is 10.5 Å². The lowest BCUT2D eigenvalue weighted by molar-refractivity contribution is 0.0601. The second-order valence-electron chi connectivity index (χ2n) is 5.36. The fourth-order valence-corrected chi connectivity index (χ4v) is 2.21. The van der Waals surface area contributed by atoms with Crippen molar-refractivity contribution in [2.75, 3.05) is 24.8 Å². The number of ether oxygens (including phenoxy) is 1. The molecule has 0 saturated heterocycles. The molecule has 106 valence electrons. The van der Waals surface area contributed by atoms with Crippen molar-refractivity contribution in [1.82, 2.24) is 0 Å². The van der Waals surface area contributed by atoms with Gasteiger partial charge in [-0.25, -0.2) is 4.79 Å². The van der Waals surface area contributed by atoms with E-state index in [0.717, 1.165) is 12.1 Å². The molecule has 0 radical (unpaired) electrons. The molecule has 2 N–H and O–H groups in total. The highest BCUT2D eigenvalue weighted by Crippen LogP contribution is 2.26. The monoisotopic (exact) mass is 264 g/mol. The van der Waals surface area contributed by atoms with Gasteiger partial charge >= 0.3 is 5.97 Å². The molecule has 0 fully saturated rings. The van der Waals surface area contributed by atoms with Crippen LogP contribution in [0.2, 0.25) is 0 Å². The largest absolute Gasteiger partial charge is 0.465 e. The number of esters is 1. The van der Waals surface area contributed by atoms with Gasteiger partial charge in [-0.15, -0.1) is 0 Å². The lowest BCUT2D eigenvalue weighted by atomic mass is 10.0. The molecule has 0 aliphatic rings. The maximum absolute atomic E-state index is 11.8. The Hall–Kier alpha value is -1.71. The van der Waals surface area contributed by atoms with E-state index in [9.17, 15) is 4.79 Å². The molecule has 19 heavy (non-hydrogen) atoms. The Morgan fingerprint density at radius 1 is 1.37 bits per heavy atom. The highest BCUT2D eigenvalue weighted by molar-refractivity contribution is 5.96. The van der Waals surface area contributed by atoms with Crippen molar-refractivity contribution in [2.45, 2.75) is 33.2 Å². The van der Waals surface area contributed by atoms with Crippen LogP contribution >= 0.6 is 0 Å². The maximum atomic E-state index is 11.8. The van der Waals surface area contributed by atoms with Gasteiger partial charge in [0.15, 0.2) is 0 Å². The van der Waals surface area contributed by atoms with Gasteiger partial charge in [0, 0.05) is 18.8 Å². The SMILES string of the molecule is COC(=O)c1cc(N)ccc1N(C)C(C)CC(C)C. The van der Waals surface area contributed by atoms with E-state index in [0.29, 0.717) is 23.2 Å². The van der Waals surface area contributed by atoms with Gasteiger partial charge in [-0.2, -0.15) is 0 Å². The van der Waals surface area contributed by atoms with Gasteiger partial charge in [0.2, 0.25) is 0 Å². The predicted molar refractivity (Wildman–Crippen MR) is 79.5 cm³/mol. The zero-order chi connectivity index (χ0) is 14.6. The first-order valence-electron chi connectivity index (χ1n) is 6.57. The molecule has 0 aliphatic heterocycles. The Balaban J connectivity index is 3.08. The Labute approximate surface area is 115 Å². The van der Waals surface area contributed by atoms with Gasteiger partial charge in [0.25, 0.3) is 0 Å². The summed E-state index contributed by atoms with van der Waals surface area (Å²) in [4.78, 5) is 13.9. The fraction of sp³-hybridized carbons (Fsp3) is 0.533. The first-order valence-corrected chi connectivity index (χ1v) is 6.57. The van der Waals surface area contributed by atoms with E-state index in [-0.39, 0.29) is 5.97 Å². The van der Waals surface area contributed by atoms with Gasteiger partial charge in [0.1, 0.15) is 0 Å². The maximum Gasteiger partial charge on any atom is 0.340 e. The van der Waals surface area contributed by atoms with E-state index in [1.165, 1.54) is 7.11 Å². The summed E-state index contributed by atoms with van der Waals surface area (Å²) in [5.41, 5.74) is 7.68. The van der Waals surface area contributed by atoms with Crippen molar-refractivity contribution < 1.29 is 9.53 Å². The van der Waals surface area contributed by atoms with Gasteiger partial charge in [0.05, 0.1) is 18.4 Å². The van der Waals surface area contributed by atoms with Crippen molar-refractivity contribution in [3.8, 4) is 0 Å². The summed E-state index contributed by atoms with van der Waals surface area (Å²) in [6.07, 6.45) is 1.06. The standard InChI is InChI=1S/C15H24N2O2/c1-10(2)8-11(3)17(4)14-7-6-12(16)9-13(14)15(18)19-5/h6-7,9-11H,8,16H2,1-5H3. The molecule has 0 bridgehead atoms. The third-order valence-electron chi connectivity index (χ3n) is 3.28. The number of carbonyl (C=O) groups excluding carboxylic acids is 1. The summed E-state index contributed by atoms with van der Waals surface area (Å²) in [5, 5.41) is 0. The van der Waals surface area contributed by atoms with Gasteiger partial charge < -0.3 is 15.4 Å². The molecule has 0 aliphatic carbocycles. The number of nitrogen functional groups attached to an aromatic ring is 1. The zero-order valence-corrected chi connectivity index (χ0v) is 12.4. The highest BCUT2D eigenvalue weighted by atomic mass is 16.5. The van der Waals surface area contributed by atoms with Crippen LogP contribution in [0.5, 0.6) is 0 Å². The highest BCUT2D eigenvalue weighted by Gasteiger charge is 2.19. The molecule has 0 saturated carbocycles. The topological polar surface area (TPSA) is 55.6 Å². The molecule has 1 unspecified atom stereocenters. The number of hydrogen-bond donors (Lipinski definition) is 1. The minimum Gasteiger partial charge on any atom is -0.465 e. The van der Waals surface area contributed by atoms with E-state index >= 15 is 0 Å². The average Bonchev–Trinajstić information content (AvgIpc) is 2.36. The molecule has 1 atom stereocenters. The molecule has 0 amide bonds. The Morgan fingerprint density at radius 3 is 2.53 bits per heavy atom. The van der Waals surface area contributed by atoms with Crippen LogP contribution in [0.25, 0.3) is 0 Å². The number of methoxy groups -OCH3 is 1. The van der Waals surface area contributed by atoms with Crippen LogP contribution < -0.4 is 10.6 Å². The van der Waals surface area contributed by atoms with Crippen LogP contribution in [0.1, 0.15) is 37.6 Å². The Morgan fingerprint density at radius 2 is 2.00 bits per heavy atom. The molecule has 4 heteroatoms. The number of hydrogen-bond acceptors (Lipinski definition) is 4. The summed E-state index contributed by atoms with van der Waals surface area (Å²) in [6, 6.07) is 5.69. The number of benzene rings is 1. The summed E-state index contributed by atoms with van der Waals surface area (Å²) in [7, 11) is 3.37. The Bertz CT molecular complexity index is 444. The van der Waals surface area contributed by atoms with E-state index in [1.54, 1.807) is 12.1 Å². The second-order valence-corrected chi connectivity index (χ2v) is 5.36. The fourth-order valence-electron chi connectivity index (χ4n) is 2.21. The van der Waals surface area contributed by atoms with Crippen LogP contribution in [0, 0.1) is 5.92 Å². The van der Waals surface area contributed by atoms with E-state index in [1.807, 2.05) is 13.1 Å². The van der Waals surface area contributed by atoms with Crippen LogP contribution in [0.3, 0.4) is 0 Å². The molecule has 1 aromatic rings. The molecular formula is C15H24N2O2. The quantitative estimate of drug-likeness (QED) is 0.656. The van der Waals surface area contributed by atoms with Crippen LogP contribution in [0.15, 0.2) is 18.2 Å². The molecule has 1 rings (SSSR count). The number of nitrogens with zero attached hydrogens (tertiary/aromatic N) is 1. The third kappa shape index (κ3) is 3.88. The van der Waals surface area contributed by atoms with Crippen LogP contribution in [-0.4, -0.2) is 26.2 Å². The van der Waals surface area contributed by atoms with Gasteiger partial charge in [-0.05, 0) is 37.5 Å². The first kappa shape index (κ1) is 15.3. The van der Waals surface area contributed by atoms with Crippen LogP contribution in [-0.2, 0) is 4.74 Å². The van der Waals surface area contributed by atoms with Crippen molar-refractivity contribution in [1.29, 1.82) is 0 Å². The number of nitrogens with two attached hydrogens (primary N) is 1. The Kier molecular flexibility index (Phi) is 5.21. The molecule has 0 aromatic heterocycles. The van der Waals surface area contributed by atoms with E-state index < -0.39 is 0 Å². The smallest absolute Gasteiger partial charge is 0.340 e. The summed E-state index contributed by atoms with van der Waals surface area (Å²) in [6.45, 7) is 6.53. The summed E-state index contributed by atoms with van der Waals surface area (Å²) >= 11 is 0. The molecule has 4 nitrogen and oxygen atoms in total. The van der Waals surface area contributed by atoms with E-state index in [2.05, 4.69) is 25.7 Å². The van der Waals surface area contributed by atoms with Crippen molar-refractivity contribution in [3.05, 3.63) is 23.8 Å². The molecule has 1 aromatic carbocycles. The average molecular weight is 264 g/mol. The van der Waals surface area contributed by atoms with Gasteiger partial charge in [-0.1, -0.05) is 13.8 Å². The minimum atomic E-state index is -0.356. The lowest BCUT2D eigenvalue weighted by Gasteiger charge is -2.29. The first-order chi connectivity index (χ1) is 8.86. The summed E-state index contributed by atoms with van der Waals surface area (Å²) < 4.78 is 4.82. The molecular weight excluding hydrogens is 240 g/mol. The molecule has 0 spiro atoms. The normalized spacial score (nSPS) is 12.3. The second kappa shape index (κ2) is 6.45. The number of rotatable bonds is 5. The van der Waals surface area contributed by atoms with Crippen molar-refractivity contribution >= 4 is 17.3 Å². The number of anilines is 2. The van der Waals surface area contributed by atoms with Crippen molar-refractivity contribution in [3.63, 3.8) is 0 Å². The number of carbonyl (C=O) groups is 1. The minimum absolute atomic E-state index is 0.340. The van der Waals surface area contributed by atoms with Crippen LogP contribution in [0.4, 0.5) is 11.4 Å². The predicted octanol–water partition coefficient (Wildman–Crippen LogP) is 2.93. The lowest BCUT2D eigenvalue weighted by Crippen LogP contribution is -2.31. The molecule has 0 heterocycles. The van der Waals surface area contributed by atoms with Crippen molar-refractivity contribution in [2.24, 2.45) is 5.92 Å². The third-order valence-corrected chi connectivity index (χ3v) is 3.28.